The van der Waals surface area contributed by atoms with Crippen LogP contribution >= 0.6 is 15.9 Å². The molecule has 0 radical (unpaired) electrons. The molecule has 1 aromatic carbocycles. The summed E-state index contributed by atoms with van der Waals surface area (Å²) in [5.41, 5.74) is 1.59. The van der Waals surface area contributed by atoms with E-state index >= 15 is 0 Å². The number of carbonyl (C=O) groups is 1. The highest BCUT2D eigenvalue weighted by atomic mass is 79.9. The lowest BCUT2D eigenvalue weighted by Crippen LogP contribution is -2.36. The van der Waals surface area contributed by atoms with Crippen LogP contribution in [-0.2, 0) is 4.79 Å². The molecule has 17 heavy (non-hydrogen) atoms. The van der Waals surface area contributed by atoms with E-state index in [1.54, 1.807) is 0 Å². The summed E-state index contributed by atoms with van der Waals surface area (Å²) >= 11 is 3.36. The van der Waals surface area contributed by atoms with Crippen molar-refractivity contribution in [1.82, 2.24) is 0 Å². The van der Waals surface area contributed by atoms with Gasteiger partial charge in [0.05, 0.1) is 11.3 Å². The Morgan fingerprint density at radius 2 is 2.35 bits per heavy atom. The van der Waals surface area contributed by atoms with Crippen molar-refractivity contribution in [2.75, 3.05) is 18.0 Å². The first-order valence-corrected chi connectivity index (χ1v) is 6.44. The monoisotopic (exact) mass is 292 g/mol. The molecule has 2 rings (SSSR count). The third-order valence-corrected chi connectivity index (χ3v) is 3.56. The largest absolute Gasteiger partial charge is 0.370 e. The minimum absolute atomic E-state index is 0.0962. The molecular weight excluding hydrogens is 280 g/mol. The van der Waals surface area contributed by atoms with Gasteiger partial charge < -0.3 is 9.69 Å². The summed E-state index contributed by atoms with van der Waals surface area (Å²) < 4.78 is 0.904. The lowest BCUT2D eigenvalue weighted by atomic mass is 9.98. The van der Waals surface area contributed by atoms with Crippen molar-refractivity contribution in [1.29, 1.82) is 5.26 Å². The summed E-state index contributed by atoms with van der Waals surface area (Å²) in [5.74, 6) is 0.0962. The molecule has 3 nitrogen and oxygen atoms in total. The van der Waals surface area contributed by atoms with Crippen molar-refractivity contribution in [3.8, 4) is 6.07 Å². The van der Waals surface area contributed by atoms with E-state index in [2.05, 4.69) is 26.9 Å². The number of piperidine rings is 1. The number of benzene rings is 1. The second-order valence-corrected chi connectivity index (χ2v) is 5.17. The van der Waals surface area contributed by atoms with Gasteiger partial charge in [-0.2, -0.15) is 5.26 Å². The van der Waals surface area contributed by atoms with E-state index in [1.807, 2.05) is 18.2 Å². The molecule has 1 heterocycles. The Morgan fingerprint density at radius 1 is 1.53 bits per heavy atom. The number of halogens is 1. The normalized spacial score (nSPS) is 19.8. The molecule has 0 spiro atoms. The van der Waals surface area contributed by atoms with Crippen LogP contribution < -0.4 is 4.90 Å². The maximum atomic E-state index is 10.8. The first-order chi connectivity index (χ1) is 8.24. The van der Waals surface area contributed by atoms with Crippen LogP contribution in [0.25, 0.3) is 0 Å². The Hall–Kier alpha value is -1.34. The summed E-state index contributed by atoms with van der Waals surface area (Å²) in [6.45, 7) is 1.64. The van der Waals surface area contributed by atoms with Crippen LogP contribution in [0.2, 0.25) is 0 Å². The fraction of sp³-hybridized carbons (Fsp3) is 0.385. The molecule has 0 amide bonds. The van der Waals surface area contributed by atoms with E-state index in [0.717, 1.165) is 42.4 Å². The van der Waals surface area contributed by atoms with E-state index in [-0.39, 0.29) is 5.92 Å². The van der Waals surface area contributed by atoms with Gasteiger partial charge in [0.2, 0.25) is 0 Å². The Bertz CT molecular complexity index is 467. The van der Waals surface area contributed by atoms with Crippen LogP contribution in [0.15, 0.2) is 22.7 Å². The highest BCUT2D eigenvalue weighted by Crippen LogP contribution is 2.27. The van der Waals surface area contributed by atoms with Crippen LogP contribution in [0.4, 0.5) is 5.69 Å². The first kappa shape index (κ1) is 12.1. The first-order valence-electron chi connectivity index (χ1n) is 5.64. The third-order valence-electron chi connectivity index (χ3n) is 3.07. The number of nitrogens with zero attached hydrogens (tertiary/aromatic N) is 2. The van der Waals surface area contributed by atoms with Crippen molar-refractivity contribution >= 4 is 27.9 Å². The Kier molecular flexibility index (Phi) is 3.80. The number of aldehydes is 1. The van der Waals surface area contributed by atoms with Gasteiger partial charge in [-0.3, -0.25) is 0 Å². The van der Waals surface area contributed by atoms with E-state index in [4.69, 9.17) is 5.26 Å². The number of anilines is 1. The molecule has 1 aliphatic rings. The standard InChI is InChI=1S/C13H13BrN2O/c14-12-3-4-13(11(6-12)7-15)16-5-1-2-10(8-16)9-17/h3-4,6,9-10H,1-2,5,8H2. The van der Waals surface area contributed by atoms with Gasteiger partial charge in [-0.25, -0.2) is 0 Å². The van der Waals surface area contributed by atoms with E-state index < -0.39 is 0 Å². The number of carbonyl (C=O) groups excluding carboxylic acids is 1. The zero-order chi connectivity index (χ0) is 12.3. The highest BCUT2D eigenvalue weighted by molar-refractivity contribution is 9.10. The zero-order valence-electron chi connectivity index (χ0n) is 9.40. The number of hydrogen-bond acceptors (Lipinski definition) is 3. The molecule has 88 valence electrons. The average molecular weight is 293 g/mol. The van der Waals surface area contributed by atoms with Crippen molar-refractivity contribution in [3.05, 3.63) is 28.2 Å². The molecule has 0 aliphatic carbocycles. The van der Waals surface area contributed by atoms with Crippen LogP contribution in [0, 0.1) is 17.2 Å². The maximum absolute atomic E-state index is 10.8. The Morgan fingerprint density at radius 3 is 3.06 bits per heavy atom. The molecule has 0 saturated carbocycles. The average Bonchev–Trinajstić information content (AvgIpc) is 2.38. The van der Waals surface area contributed by atoms with Crippen molar-refractivity contribution in [2.45, 2.75) is 12.8 Å². The quantitative estimate of drug-likeness (QED) is 0.788. The Balaban J connectivity index is 2.27. The molecule has 1 atom stereocenters. The zero-order valence-corrected chi connectivity index (χ0v) is 11.0. The molecule has 1 unspecified atom stereocenters. The second-order valence-electron chi connectivity index (χ2n) is 4.26. The van der Waals surface area contributed by atoms with Crippen molar-refractivity contribution in [2.24, 2.45) is 5.92 Å². The van der Waals surface area contributed by atoms with Gasteiger partial charge in [0.15, 0.2) is 0 Å². The lowest BCUT2D eigenvalue weighted by Gasteiger charge is -2.32. The molecule has 1 saturated heterocycles. The second kappa shape index (κ2) is 5.33. The molecule has 1 aliphatic heterocycles. The summed E-state index contributed by atoms with van der Waals surface area (Å²) in [7, 11) is 0. The van der Waals surface area contributed by atoms with Crippen LogP contribution in [-0.4, -0.2) is 19.4 Å². The molecule has 0 aromatic heterocycles. The predicted molar refractivity (Wildman–Crippen MR) is 69.9 cm³/mol. The van der Waals surface area contributed by atoms with E-state index in [1.165, 1.54) is 0 Å². The van der Waals surface area contributed by atoms with Crippen molar-refractivity contribution < 1.29 is 4.79 Å². The van der Waals surface area contributed by atoms with Gasteiger partial charge >= 0.3 is 0 Å². The lowest BCUT2D eigenvalue weighted by molar-refractivity contribution is -0.111. The van der Waals surface area contributed by atoms with E-state index in [0.29, 0.717) is 5.56 Å². The fourth-order valence-corrected chi connectivity index (χ4v) is 2.57. The van der Waals surface area contributed by atoms with Gasteiger partial charge in [-0.05, 0) is 31.0 Å². The van der Waals surface area contributed by atoms with Crippen molar-refractivity contribution in [3.63, 3.8) is 0 Å². The number of nitriles is 1. The summed E-state index contributed by atoms with van der Waals surface area (Å²) in [4.78, 5) is 13.0. The SMILES string of the molecule is N#Cc1cc(Br)ccc1N1CCCC(C=O)C1. The van der Waals surface area contributed by atoms with Gasteiger partial charge in [-0.1, -0.05) is 15.9 Å². The molecular formula is C13H13BrN2O. The highest BCUT2D eigenvalue weighted by Gasteiger charge is 2.21. The van der Waals surface area contributed by atoms with Gasteiger partial charge in [0.25, 0.3) is 0 Å². The summed E-state index contributed by atoms with van der Waals surface area (Å²) in [6.07, 6.45) is 2.99. The maximum Gasteiger partial charge on any atom is 0.124 e. The molecule has 1 fully saturated rings. The van der Waals surface area contributed by atoms with Crippen LogP contribution in [0.1, 0.15) is 18.4 Å². The summed E-state index contributed by atoms with van der Waals surface area (Å²) in [5, 5.41) is 9.13. The Labute approximate surface area is 109 Å². The predicted octanol–water partition coefficient (Wildman–Crippen LogP) is 2.74. The van der Waals surface area contributed by atoms with Gasteiger partial charge in [0, 0.05) is 23.5 Å². The minimum Gasteiger partial charge on any atom is -0.370 e. The van der Waals surface area contributed by atoms with E-state index in [9.17, 15) is 4.79 Å². The minimum atomic E-state index is 0.0962. The topological polar surface area (TPSA) is 44.1 Å². The van der Waals surface area contributed by atoms with Gasteiger partial charge in [0.1, 0.15) is 12.4 Å². The molecule has 0 bridgehead atoms. The smallest absolute Gasteiger partial charge is 0.124 e. The fourth-order valence-electron chi connectivity index (χ4n) is 2.21. The van der Waals surface area contributed by atoms with Crippen LogP contribution in [0.3, 0.4) is 0 Å². The third kappa shape index (κ3) is 2.67. The molecule has 4 heteroatoms. The number of hydrogen-bond donors (Lipinski definition) is 0. The van der Waals surface area contributed by atoms with Crippen LogP contribution in [0.5, 0.6) is 0 Å². The molecule has 1 aromatic rings. The van der Waals surface area contributed by atoms with Gasteiger partial charge in [-0.15, -0.1) is 0 Å². The molecule has 0 N–H and O–H groups in total. The summed E-state index contributed by atoms with van der Waals surface area (Å²) in [6, 6.07) is 7.90. The number of rotatable bonds is 2.